The maximum Gasteiger partial charge on any atom is 0.161 e. The summed E-state index contributed by atoms with van der Waals surface area (Å²) < 4.78 is 10.6. The third kappa shape index (κ3) is 3.56. The highest BCUT2D eigenvalue weighted by atomic mass is 35.5. The molecule has 5 heteroatoms. The molecule has 0 amide bonds. The average molecular weight is 247 g/mol. The Morgan fingerprint density at radius 3 is 2.50 bits per heavy atom. The lowest BCUT2D eigenvalue weighted by Gasteiger charge is -2.13. The second-order valence-corrected chi connectivity index (χ2v) is 3.19. The molecule has 0 unspecified atom stereocenters. The molecule has 16 heavy (non-hydrogen) atoms. The largest absolute Gasteiger partial charge is 0.493 e. The van der Waals surface area contributed by atoms with Gasteiger partial charge in [0.25, 0.3) is 0 Å². The van der Waals surface area contributed by atoms with E-state index in [-0.39, 0.29) is 18.4 Å². The molecule has 1 atom stereocenters. The fourth-order valence-electron chi connectivity index (χ4n) is 1.33. The zero-order valence-corrected chi connectivity index (χ0v) is 10.4. The van der Waals surface area contributed by atoms with Crippen LogP contribution in [-0.4, -0.2) is 20.3 Å². The van der Waals surface area contributed by atoms with Crippen LogP contribution in [0.2, 0.25) is 0 Å². The number of hydrogen-bond acceptors (Lipinski definition) is 4. The lowest BCUT2D eigenvalue weighted by molar-refractivity contribution is 0.310. The highest BCUT2D eigenvalue weighted by Gasteiger charge is 2.09. The van der Waals surface area contributed by atoms with Crippen LogP contribution in [0.5, 0.6) is 11.5 Å². The molecule has 92 valence electrons. The van der Waals surface area contributed by atoms with Gasteiger partial charge in [-0.2, -0.15) is 0 Å². The van der Waals surface area contributed by atoms with Gasteiger partial charge >= 0.3 is 0 Å². The Hall–Kier alpha value is -0.970. The van der Waals surface area contributed by atoms with Gasteiger partial charge < -0.3 is 20.9 Å². The normalized spacial score (nSPS) is 11.5. The zero-order valence-electron chi connectivity index (χ0n) is 9.60. The molecule has 0 heterocycles. The van der Waals surface area contributed by atoms with Crippen molar-refractivity contribution in [1.29, 1.82) is 0 Å². The van der Waals surface area contributed by atoms with Crippen LogP contribution < -0.4 is 20.9 Å². The Kier molecular flexibility index (Phi) is 6.88. The van der Waals surface area contributed by atoms with E-state index in [1.54, 1.807) is 7.11 Å². The molecule has 0 radical (unpaired) electrons. The molecule has 4 N–H and O–H groups in total. The maximum atomic E-state index is 5.82. The maximum absolute atomic E-state index is 5.82. The number of halogens is 1. The highest BCUT2D eigenvalue weighted by Crippen LogP contribution is 2.29. The van der Waals surface area contributed by atoms with Gasteiger partial charge in [0.05, 0.1) is 13.7 Å². The molecule has 0 saturated heterocycles. The second kappa shape index (κ2) is 7.33. The third-order valence-electron chi connectivity index (χ3n) is 2.17. The Balaban J connectivity index is 0.00000225. The fourth-order valence-corrected chi connectivity index (χ4v) is 1.33. The van der Waals surface area contributed by atoms with Gasteiger partial charge in [-0.3, -0.25) is 0 Å². The van der Waals surface area contributed by atoms with Crippen molar-refractivity contribution in [3.05, 3.63) is 23.8 Å². The van der Waals surface area contributed by atoms with Gasteiger partial charge in [-0.25, -0.2) is 0 Å². The minimum absolute atomic E-state index is 0. The quantitative estimate of drug-likeness (QED) is 0.826. The highest BCUT2D eigenvalue weighted by molar-refractivity contribution is 5.85. The van der Waals surface area contributed by atoms with E-state index in [1.807, 2.05) is 25.1 Å². The summed E-state index contributed by atoms with van der Waals surface area (Å²) in [5, 5.41) is 0. The number of methoxy groups -OCH3 is 1. The summed E-state index contributed by atoms with van der Waals surface area (Å²) in [6.45, 7) is 2.95. The number of nitrogens with two attached hydrogens (primary N) is 2. The van der Waals surface area contributed by atoms with Crippen LogP contribution >= 0.6 is 12.4 Å². The summed E-state index contributed by atoms with van der Waals surface area (Å²) in [6.07, 6.45) is 0. The molecule has 0 aliphatic carbocycles. The molecule has 1 aromatic rings. The van der Waals surface area contributed by atoms with Crippen LogP contribution in [0.4, 0.5) is 0 Å². The number of ether oxygens (including phenoxy) is 2. The first-order chi connectivity index (χ1) is 7.22. The minimum atomic E-state index is -0.158. The first kappa shape index (κ1) is 15.0. The molecule has 0 bridgehead atoms. The van der Waals surface area contributed by atoms with Crippen LogP contribution in [0.1, 0.15) is 18.5 Å². The number of hydrogen-bond donors (Lipinski definition) is 2. The van der Waals surface area contributed by atoms with Gasteiger partial charge in [-0.1, -0.05) is 6.07 Å². The SMILES string of the molecule is CCOc1ccc([C@H](N)CN)cc1OC.Cl. The smallest absolute Gasteiger partial charge is 0.161 e. The van der Waals surface area contributed by atoms with Crippen molar-refractivity contribution in [2.24, 2.45) is 11.5 Å². The van der Waals surface area contributed by atoms with E-state index in [9.17, 15) is 0 Å². The summed E-state index contributed by atoms with van der Waals surface area (Å²) in [4.78, 5) is 0. The van der Waals surface area contributed by atoms with Gasteiger partial charge in [0, 0.05) is 12.6 Å². The van der Waals surface area contributed by atoms with Crippen molar-refractivity contribution in [2.75, 3.05) is 20.3 Å². The van der Waals surface area contributed by atoms with E-state index in [1.165, 1.54) is 0 Å². The van der Waals surface area contributed by atoms with E-state index in [0.717, 1.165) is 11.3 Å². The third-order valence-corrected chi connectivity index (χ3v) is 2.17. The lowest BCUT2D eigenvalue weighted by Crippen LogP contribution is -2.20. The molecule has 0 saturated carbocycles. The van der Waals surface area contributed by atoms with Crippen molar-refractivity contribution < 1.29 is 9.47 Å². The van der Waals surface area contributed by atoms with Gasteiger partial charge in [0.2, 0.25) is 0 Å². The number of benzene rings is 1. The van der Waals surface area contributed by atoms with E-state index in [0.29, 0.717) is 18.9 Å². The van der Waals surface area contributed by atoms with Crippen molar-refractivity contribution in [1.82, 2.24) is 0 Å². The molecule has 0 fully saturated rings. The van der Waals surface area contributed by atoms with Gasteiger partial charge in [-0.15, -0.1) is 12.4 Å². The standard InChI is InChI=1S/C11H18N2O2.ClH/c1-3-15-10-5-4-8(9(13)7-12)6-11(10)14-2;/h4-6,9H,3,7,12-13H2,1-2H3;1H/t9-;/m1./s1. The van der Waals surface area contributed by atoms with Gasteiger partial charge in [0.1, 0.15) is 0 Å². The Bertz CT molecular complexity index is 321. The molecular formula is C11H19ClN2O2. The first-order valence-corrected chi connectivity index (χ1v) is 4.99. The molecule has 0 aliphatic rings. The Labute approximate surface area is 102 Å². The minimum Gasteiger partial charge on any atom is -0.493 e. The molecule has 1 aromatic carbocycles. The summed E-state index contributed by atoms with van der Waals surface area (Å²) in [6, 6.07) is 5.47. The monoisotopic (exact) mass is 246 g/mol. The van der Waals surface area contributed by atoms with Crippen molar-refractivity contribution in [3.63, 3.8) is 0 Å². The zero-order chi connectivity index (χ0) is 11.3. The van der Waals surface area contributed by atoms with Crippen LogP contribution in [0.15, 0.2) is 18.2 Å². The molecule has 0 spiro atoms. The molecule has 0 aliphatic heterocycles. The Morgan fingerprint density at radius 1 is 1.31 bits per heavy atom. The predicted octanol–water partition coefficient (Wildman–Crippen LogP) is 1.47. The fraction of sp³-hybridized carbons (Fsp3) is 0.455. The lowest BCUT2D eigenvalue weighted by atomic mass is 10.1. The first-order valence-electron chi connectivity index (χ1n) is 4.99. The Morgan fingerprint density at radius 2 is 2.00 bits per heavy atom. The van der Waals surface area contributed by atoms with Gasteiger partial charge in [0.15, 0.2) is 11.5 Å². The van der Waals surface area contributed by atoms with Crippen LogP contribution in [-0.2, 0) is 0 Å². The van der Waals surface area contributed by atoms with Crippen LogP contribution in [0, 0.1) is 0 Å². The summed E-state index contributed by atoms with van der Waals surface area (Å²) in [5.41, 5.74) is 12.3. The van der Waals surface area contributed by atoms with Crippen molar-refractivity contribution >= 4 is 12.4 Å². The van der Waals surface area contributed by atoms with E-state index >= 15 is 0 Å². The number of rotatable bonds is 5. The van der Waals surface area contributed by atoms with E-state index in [2.05, 4.69) is 0 Å². The second-order valence-electron chi connectivity index (χ2n) is 3.19. The topological polar surface area (TPSA) is 70.5 Å². The van der Waals surface area contributed by atoms with E-state index < -0.39 is 0 Å². The van der Waals surface area contributed by atoms with Crippen molar-refractivity contribution in [3.8, 4) is 11.5 Å². The van der Waals surface area contributed by atoms with Gasteiger partial charge in [-0.05, 0) is 24.6 Å². The van der Waals surface area contributed by atoms with E-state index in [4.69, 9.17) is 20.9 Å². The summed E-state index contributed by atoms with van der Waals surface area (Å²) in [5.74, 6) is 1.42. The summed E-state index contributed by atoms with van der Waals surface area (Å²) in [7, 11) is 1.61. The summed E-state index contributed by atoms with van der Waals surface area (Å²) >= 11 is 0. The van der Waals surface area contributed by atoms with Crippen LogP contribution in [0.3, 0.4) is 0 Å². The molecule has 1 rings (SSSR count). The van der Waals surface area contributed by atoms with Crippen LogP contribution in [0.25, 0.3) is 0 Å². The molecule has 4 nitrogen and oxygen atoms in total. The predicted molar refractivity (Wildman–Crippen MR) is 67.4 cm³/mol. The average Bonchev–Trinajstić information content (AvgIpc) is 2.29. The van der Waals surface area contributed by atoms with Crippen molar-refractivity contribution in [2.45, 2.75) is 13.0 Å². The molecule has 0 aromatic heterocycles. The molecular weight excluding hydrogens is 228 g/mol.